The minimum absolute atomic E-state index is 0.0597. The van der Waals surface area contributed by atoms with E-state index in [0.717, 1.165) is 18.5 Å². The molecule has 0 bridgehead atoms. The summed E-state index contributed by atoms with van der Waals surface area (Å²) in [5.41, 5.74) is 1.20. The van der Waals surface area contributed by atoms with Crippen LogP contribution in [0.25, 0.3) is 0 Å². The molecule has 1 heterocycles. The number of benzene rings is 1. The maximum absolute atomic E-state index is 12.0. The number of halogens is 1. The summed E-state index contributed by atoms with van der Waals surface area (Å²) >= 11 is 6.23. The molecule has 25 heavy (non-hydrogen) atoms. The zero-order valence-electron chi connectivity index (χ0n) is 15.0. The SMILES string of the molecule is CC1CCC(C(C)C)C(OC2OC(=O)C(Cl)C2=Nc2ccccc2)C1. The van der Waals surface area contributed by atoms with Crippen molar-refractivity contribution >= 4 is 29.0 Å². The van der Waals surface area contributed by atoms with Crippen LogP contribution in [-0.2, 0) is 14.3 Å². The third-order valence-electron chi connectivity index (χ3n) is 5.21. The predicted octanol–water partition coefficient (Wildman–Crippen LogP) is 4.73. The highest BCUT2D eigenvalue weighted by Gasteiger charge is 2.44. The number of para-hydroxylation sites is 1. The molecule has 0 N–H and O–H groups in total. The van der Waals surface area contributed by atoms with Crippen molar-refractivity contribution in [3.8, 4) is 0 Å². The molecule has 136 valence electrons. The molecule has 1 saturated heterocycles. The van der Waals surface area contributed by atoms with Crippen molar-refractivity contribution in [1.82, 2.24) is 0 Å². The van der Waals surface area contributed by atoms with Crippen molar-refractivity contribution in [3.05, 3.63) is 30.3 Å². The average Bonchev–Trinajstić information content (AvgIpc) is 2.83. The number of alkyl halides is 1. The van der Waals surface area contributed by atoms with E-state index in [2.05, 4.69) is 25.8 Å². The molecular weight excluding hydrogens is 338 g/mol. The maximum atomic E-state index is 12.0. The van der Waals surface area contributed by atoms with Gasteiger partial charge in [0.2, 0.25) is 6.29 Å². The van der Waals surface area contributed by atoms with E-state index >= 15 is 0 Å². The molecule has 5 unspecified atom stereocenters. The first-order chi connectivity index (χ1) is 12.0. The predicted molar refractivity (Wildman–Crippen MR) is 99.3 cm³/mol. The lowest BCUT2D eigenvalue weighted by atomic mass is 9.75. The Bertz CT molecular complexity index is 631. The Morgan fingerprint density at radius 3 is 2.64 bits per heavy atom. The van der Waals surface area contributed by atoms with E-state index in [4.69, 9.17) is 21.1 Å². The van der Waals surface area contributed by atoms with Crippen LogP contribution in [0.5, 0.6) is 0 Å². The van der Waals surface area contributed by atoms with E-state index in [1.54, 1.807) is 0 Å². The molecule has 0 aromatic heterocycles. The van der Waals surface area contributed by atoms with Crippen molar-refractivity contribution < 1.29 is 14.3 Å². The number of carbonyl (C=O) groups is 1. The highest BCUT2D eigenvalue weighted by Crippen LogP contribution is 2.37. The fraction of sp³-hybridized carbons (Fsp3) is 0.600. The largest absolute Gasteiger partial charge is 0.428 e. The molecule has 1 aliphatic carbocycles. The second kappa shape index (κ2) is 7.88. The molecule has 1 aromatic carbocycles. The third-order valence-corrected chi connectivity index (χ3v) is 5.61. The van der Waals surface area contributed by atoms with Gasteiger partial charge in [0.15, 0.2) is 5.38 Å². The quantitative estimate of drug-likeness (QED) is 0.574. The van der Waals surface area contributed by atoms with Crippen LogP contribution in [0.3, 0.4) is 0 Å². The Hall–Kier alpha value is -1.39. The van der Waals surface area contributed by atoms with Gasteiger partial charge in [0.1, 0.15) is 5.71 Å². The molecule has 4 nitrogen and oxygen atoms in total. The van der Waals surface area contributed by atoms with Crippen LogP contribution in [-0.4, -0.2) is 29.5 Å². The standard InChI is InChI=1S/C20H26ClNO3/c1-12(2)15-10-9-13(3)11-16(15)24-20-18(17(21)19(23)25-20)22-14-7-5-4-6-8-14/h4-8,12-13,15-17,20H,9-11H2,1-3H3. The van der Waals surface area contributed by atoms with Crippen LogP contribution >= 0.6 is 11.6 Å². The number of esters is 1. The first kappa shape index (κ1) is 18.4. The summed E-state index contributed by atoms with van der Waals surface area (Å²) in [4.78, 5) is 16.5. The molecule has 0 amide bonds. The van der Waals surface area contributed by atoms with Gasteiger partial charge in [-0.25, -0.2) is 9.79 Å². The second-order valence-corrected chi connectivity index (χ2v) is 7.94. The Balaban J connectivity index is 1.81. The Labute approximate surface area is 154 Å². The summed E-state index contributed by atoms with van der Waals surface area (Å²) in [7, 11) is 0. The van der Waals surface area contributed by atoms with Gasteiger partial charge in [-0.1, -0.05) is 45.4 Å². The van der Waals surface area contributed by atoms with Crippen molar-refractivity contribution in [1.29, 1.82) is 0 Å². The van der Waals surface area contributed by atoms with Crippen molar-refractivity contribution in [2.24, 2.45) is 22.7 Å². The summed E-state index contributed by atoms with van der Waals surface area (Å²) in [6, 6.07) is 9.45. The summed E-state index contributed by atoms with van der Waals surface area (Å²) < 4.78 is 11.7. The zero-order valence-corrected chi connectivity index (χ0v) is 15.8. The zero-order chi connectivity index (χ0) is 18.0. The Morgan fingerprint density at radius 2 is 1.96 bits per heavy atom. The van der Waals surface area contributed by atoms with Crippen LogP contribution in [0.15, 0.2) is 35.3 Å². The first-order valence-corrected chi connectivity index (χ1v) is 9.53. The topological polar surface area (TPSA) is 47.9 Å². The number of hydrogen-bond donors (Lipinski definition) is 0. The second-order valence-electron chi connectivity index (χ2n) is 7.50. The van der Waals surface area contributed by atoms with Gasteiger partial charge in [-0.3, -0.25) is 0 Å². The highest BCUT2D eigenvalue weighted by atomic mass is 35.5. The number of cyclic esters (lactones) is 1. The van der Waals surface area contributed by atoms with Gasteiger partial charge < -0.3 is 9.47 Å². The Morgan fingerprint density at radius 1 is 1.24 bits per heavy atom. The highest BCUT2D eigenvalue weighted by molar-refractivity contribution is 6.44. The van der Waals surface area contributed by atoms with Crippen LogP contribution in [0, 0.1) is 17.8 Å². The van der Waals surface area contributed by atoms with Crippen molar-refractivity contribution in [2.45, 2.75) is 57.8 Å². The summed E-state index contributed by atoms with van der Waals surface area (Å²) in [6.07, 6.45) is 2.61. The van der Waals surface area contributed by atoms with Crippen LogP contribution in [0.1, 0.15) is 40.0 Å². The minimum atomic E-state index is -0.885. The average molecular weight is 364 g/mol. The lowest BCUT2D eigenvalue weighted by molar-refractivity contribution is -0.173. The normalized spacial score (nSPS) is 34.5. The molecule has 0 spiro atoms. The first-order valence-electron chi connectivity index (χ1n) is 9.09. The summed E-state index contributed by atoms with van der Waals surface area (Å²) in [5, 5.41) is -0.885. The van der Waals surface area contributed by atoms with Crippen molar-refractivity contribution in [2.75, 3.05) is 0 Å². The molecule has 5 atom stereocenters. The van der Waals surface area contributed by atoms with E-state index in [0.29, 0.717) is 23.5 Å². The van der Waals surface area contributed by atoms with E-state index < -0.39 is 17.6 Å². The molecule has 3 rings (SSSR count). The third kappa shape index (κ3) is 4.24. The molecule has 1 aliphatic heterocycles. The number of aliphatic imine (C=N–C) groups is 1. The molecule has 2 aliphatic rings. The molecule has 2 fully saturated rings. The monoisotopic (exact) mass is 363 g/mol. The maximum Gasteiger partial charge on any atom is 0.332 e. The van der Waals surface area contributed by atoms with Gasteiger partial charge in [-0.05, 0) is 42.7 Å². The van der Waals surface area contributed by atoms with E-state index in [1.165, 1.54) is 6.42 Å². The summed E-state index contributed by atoms with van der Waals surface area (Å²) in [5.74, 6) is 1.11. The van der Waals surface area contributed by atoms with E-state index in [1.807, 2.05) is 30.3 Å². The smallest absolute Gasteiger partial charge is 0.332 e. The van der Waals surface area contributed by atoms with Crippen molar-refractivity contribution in [3.63, 3.8) is 0 Å². The Kier molecular flexibility index (Phi) is 5.80. The fourth-order valence-electron chi connectivity index (χ4n) is 3.75. The number of nitrogens with zero attached hydrogens (tertiary/aromatic N) is 1. The number of ether oxygens (including phenoxy) is 2. The van der Waals surface area contributed by atoms with Gasteiger partial charge in [0, 0.05) is 0 Å². The number of rotatable bonds is 4. The van der Waals surface area contributed by atoms with Gasteiger partial charge in [0.05, 0.1) is 11.8 Å². The molecular formula is C20H26ClNO3. The molecule has 1 aromatic rings. The van der Waals surface area contributed by atoms with Gasteiger partial charge >= 0.3 is 5.97 Å². The molecule has 1 saturated carbocycles. The number of hydrogen-bond acceptors (Lipinski definition) is 4. The van der Waals surface area contributed by atoms with Gasteiger partial charge in [-0.15, -0.1) is 11.6 Å². The summed E-state index contributed by atoms with van der Waals surface area (Å²) in [6.45, 7) is 6.69. The number of carbonyl (C=O) groups excluding carboxylic acids is 1. The van der Waals surface area contributed by atoms with E-state index in [9.17, 15) is 4.79 Å². The van der Waals surface area contributed by atoms with Gasteiger partial charge in [0.25, 0.3) is 0 Å². The van der Waals surface area contributed by atoms with Crippen LogP contribution < -0.4 is 0 Å². The van der Waals surface area contributed by atoms with E-state index in [-0.39, 0.29) is 6.10 Å². The lowest BCUT2D eigenvalue weighted by Gasteiger charge is -2.38. The van der Waals surface area contributed by atoms with Gasteiger partial charge in [-0.2, -0.15) is 0 Å². The lowest BCUT2D eigenvalue weighted by Crippen LogP contribution is -2.39. The van der Waals surface area contributed by atoms with Crippen LogP contribution in [0.2, 0.25) is 0 Å². The molecule has 0 radical (unpaired) electrons. The molecule has 5 heteroatoms. The minimum Gasteiger partial charge on any atom is -0.428 e. The van der Waals surface area contributed by atoms with Crippen LogP contribution in [0.4, 0.5) is 5.69 Å². The fourth-order valence-corrected chi connectivity index (χ4v) is 3.96.